The topological polar surface area (TPSA) is 99.6 Å². The van der Waals surface area contributed by atoms with E-state index < -0.39 is 4.92 Å². The molecule has 164 valence electrons. The second kappa shape index (κ2) is 8.10. The predicted octanol–water partition coefficient (Wildman–Crippen LogP) is 3.92. The van der Waals surface area contributed by atoms with Gasteiger partial charge in [-0.25, -0.2) is 4.98 Å². The standard InChI is InChI=1S/C24H18N4O4S/c1-14(16-6-7-18-13-20(32-2)9-8-17(18)12-16)22-25-24-27(26-22)23(29)21(33-24)11-15-4-3-5-19(10-15)28(30)31/h3-14H,1-2H3/b21-11-/t14-/m0/s1. The maximum absolute atomic E-state index is 12.9. The molecule has 0 bridgehead atoms. The van der Waals surface area contributed by atoms with Crippen molar-refractivity contribution in [1.82, 2.24) is 14.6 Å². The summed E-state index contributed by atoms with van der Waals surface area (Å²) in [4.78, 5) is 28.5. The molecule has 0 spiro atoms. The number of aromatic nitrogens is 3. The summed E-state index contributed by atoms with van der Waals surface area (Å²) in [6.45, 7) is 2.00. The van der Waals surface area contributed by atoms with E-state index in [9.17, 15) is 14.9 Å². The van der Waals surface area contributed by atoms with Gasteiger partial charge in [-0.15, -0.1) is 5.10 Å². The molecule has 3 aromatic carbocycles. The number of nitro groups is 1. The van der Waals surface area contributed by atoms with E-state index in [1.165, 1.54) is 28.0 Å². The molecule has 0 N–H and O–H groups in total. The Labute approximate surface area is 191 Å². The second-order valence-electron chi connectivity index (χ2n) is 7.63. The van der Waals surface area contributed by atoms with E-state index >= 15 is 0 Å². The quantitative estimate of drug-likeness (QED) is 0.292. The van der Waals surface area contributed by atoms with E-state index in [1.807, 2.05) is 37.3 Å². The van der Waals surface area contributed by atoms with Crippen molar-refractivity contribution in [3.05, 3.63) is 103 Å². The van der Waals surface area contributed by atoms with E-state index in [2.05, 4.69) is 16.1 Å². The van der Waals surface area contributed by atoms with Crippen LogP contribution in [0.3, 0.4) is 0 Å². The van der Waals surface area contributed by atoms with Crippen LogP contribution in [0, 0.1) is 10.1 Å². The number of hydrogen-bond acceptors (Lipinski definition) is 7. The summed E-state index contributed by atoms with van der Waals surface area (Å²) in [7, 11) is 1.64. The highest BCUT2D eigenvalue weighted by molar-refractivity contribution is 7.15. The van der Waals surface area contributed by atoms with E-state index in [1.54, 1.807) is 25.3 Å². The highest BCUT2D eigenvalue weighted by Crippen LogP contribution is 2.27. The Morgan fingerprint density at radius 2 is 1.91 bits per heavy atom. The van der Waals surface area contributed by atoms with Crippen LogP contribution < -0.4 is 14.8 Å². The van der Waals surface area contributed by atoms with Gasteiger partial charge in [-0.1, -0.05) is 54.7 Å². The lowest BCUT2D eigenvalue weighted by molar-refractivity contribution is -0.384. The first-order chi connectivity index (χ1) is 15.9. The summed E-state index contributed by atoms with van der Waals surface area (Å²) in [5.41, 5.74) is 1.30. The molecular formula is C24H18N4O4S. The molecule has 0 fully saturated rings. The van der Waals surface area contributed by atoms with Crippen LogP contribution in [0.1, 0.15) is 29.8 Å². The van der Waals surface area contributed by atoms with Crippen LogP contribution in [-0.4, -0.2) is 26.6 Å². The lowest BCUT2D eigenvalue weighted by atomic mass is 9.97. The van der Waals surface area contributed by atoms with Gasteiger partial charge in [0.15, 0.2) is 5.82 Å². The Kier molecular flexibility index (Phi) is 5.10. The molecule has 9 heteroatoms. The van der Waals surface area contributed by atoms with Crippen LogP contribution in [0.5, 0.6) is 5.75 Å². The first kappa shape index (κ1) is 20.8. The number of nitro benzene ring substituents is 1. The molecule has 1 atom stereocenters. The molecule has 0 saturated heterocycles. The molecule has 0 aliphatic carbocycles. The minimum absolute atomic E-state index is 0.0272. The minimum atomic E-state index is -0.463. The third kappa shape index (κ3) is 3.83. The number of thiazole rings is 1. The van der Waals surface area contributed by atoms with Crippen LogP contribution in [0.2, 0.25) is 0 Å². The smallest absolute Gasteiger partial charge is 0.291 e. The van der Waals surface area contributed by atoms with Crippen molar-refractivity contribution in [2.45, 2.75) is 12.8 Å². The molecule has 0 saturated carbocycles. The second-order valence-corrected chi connectivity index (χ2v) is 8.64. The minimum Gasteiger partial charge on any atom is -0.497 e. The first-order valence-corrected chi connectivity index (χ1v) is 11.0. The number of hydrogen-bond donors (Lipinski definition) is 0. The van der Waals surface area contributed by atoms with Crippen molar-refractivity contribution in [3.8, 4) is 5.75 Å². The lowest BCUT2D eigenvalue weighted by Crippen LogP contribution is -2.24. The predicted molar refractivity (Wildman–Crippen MR) is 127 cm³/mol. The fourth-order valence-electron chi connectivity index (χ4n) is 3.70. The Morgan fingerprint density at radius 1 is 1.12 bits per heavy atom. The van der Waals surface area contributed by atoms with Gasteiger partial charge < -0.3 is 4.74 Å². The third-order valence-corrected chi connectivity index (χ3v) is 6.49. The van der Waals surface area contributed by atoms with Crippen LogP contribution in [0.25, 0.3) is 21.8 Å². The van der Waals surface area contributed by atoms with Gasteiger partial charge in [0, 0.05) is 18.1 Å². The van der Waals surface area contributed by atoms with Crippen LogP contribution in [0.15, 0.2) is 65.5 Å². The average Bonchev–Trinajstić information content (AvgIpc) is 3.37. The van der Waals surface area contributed by atoms with Crippen molar-refractivity contribution in [2.24, 2.45) is 0 Å². The molecular weight excluding hydrogens is 440 g/mol. The largest absolute Gasteiger partial charge is 0.497 e. The number of nitrogens with zero attached hydrogens (tertiary/aromatic N) is 4. The Morgan fingerprint density at radius 3 is 2.67 bits per heavy atom. The van der Waals surface area contributed by atoms with Gasteiger partial charge >= 0.3 is 0 Å². The number of fused-ring (bicyclic) bond motifs is 2. The zero-order valence-corrected chi connectivity index (χ0v) is 18.6. The molecule has 0 aliphatic rings. The number of benzene rings is 3. The van der Waals surface area contributed by atoms with Gasteiger partial charge in [0.25, 0.3) is 11.2 Å². The van der Waals surface area contributed by atoms with Gasteiger partial charge in [0.2, 0.25) is 4.96 Å². The van der Waals surface area contributed by atoms with E-state index in [-0.39, 0.29) is 17.2 Å². The molecule has 0 radical (unpaired) electrons. The maximum Gasteiger partial charge on any atom is 0.291 e. The average molecular weight is 458 g/mol. The fraction of sp³-hybridized carbons (Fsp3) is 0.125. The third-order valence-electron chi connectivity index (χ3n) is 5.54. The number of methoxy groups -OCH3 is 1. The Hall–Kier alpha value is -4.11. The van der Waals surface area contributed by atoms with Crippen LogP contribution in [0.4, 0.5) is 5.69 Å². The first-order valence-electron chi connectivity index (χ1n) is 10.2. The van der Waals surface area contributed by atoms with E-state index in [4.69, 9.17) is 4.74 Å². The van der Waals surface area contributed by atoms with E-state index in [0.29, 0.717) is 20.9 Å². The highest BCUT2D eigenvalue weighted by Gasteiger charge is 2.18. The zero-order chi connectivity index (χ0) is 23.1. The molecule has 2 heterocycles. The van der Waals surface area contributed by atoms with Gasteiger partial charge in [0.1, 0.15) is 5.75 Å². The van der Waals surface area contributed by atoms with Crippen LogP contribution in [-0.2, 0) is 0 Å². The van der Waals surface area contributed by atoms with Crippen molar-refractivity contribution in [1.29, 1.82) is 0 Å². The van der Waals surface area contributed by atoms with Gasteiger partial charge in [-0.3, -0.25) is 14.9 Å². The lowest BCUT2D eigenvalue weighted by Gasteiger charge is -2.10. The van der Waals surface area contributed by atoms with Crippen molar-refractivity contribution in [2.75, 3.05) is 7.11 Å². The zero-order valence-electron chi connectivity index (χ0n) is 17.8. The van der Waals surface area contributed by atoms with Gasteiger partial charge in [0.05, 0.1) is 16.6 Å². The summed E-state index contributed by atoms with van der Waals surface area (Å²) in [6.07, 6.45) is 1.62. The summed E-state index contributed by atoms with van der Waals surface area (Å²) >= 11 is 1.21. The molecule has 5 rings (SSSR count). The van der Waals surface area contributed by atoms with Gasteiger partial charge in [-0.05, 0) is 40.1 Å². The van der Waals surface area contributed by atoms with Crippen molar-refractivity contribution in [3.63, 3.8) is 0 Å². The Balaban J connectivity index is 1.49. The number of non-ortho nitro benzene ring substituents is 1. The summed E-state index contributed by atoms with van der Waals surface area (Å²) in [5, 5.41) is 17.6. The molecule has 0 aliphatic heterocycles. The normalized spacial score (nSPS) is 13.0. The van der Waals surface area contributed by atoms with Crippen molar-refractivity contribution < 1.29 is 9.66 Å². The molecule has 8 nitrogen and oxygen atoms in total. The fourth-order valence-corrected chi connectivity index (χ4v) is 4.61. The maximum atomic E-state index is 12.9. The summed E-state index contributed by atoms with van der Waals surface area (Å²) in [6, 6.07) is 18.2. The molecule has 2 aromatic heterocycles. The van der Waals surface area contributed by atoms with Crippen molar-refractivity contribution >= 4 is 38.8 Å². The molecule has 0 amide bonds. The number of ether oxygens (including phenoxy) is 1. The van der Waals surface area contributed by atoms with Crippen LogP contribution >= 0.6 is 11.3 Å². The summed E-state index contributed by atoms with van der Waals surface area (Å²) in [5.74, 6) is 1.26. The number of rotatable bonds is 5. The molecule has 33 heavy (non-hydrogen) atoms. The molecule has 5 aromatic rings. The van der Waals surface area contributed by atoms with Gasteiger partial charge in [-0.2, -0.15) is 4.52 Å². The monoisotopic (exact) mass is 458 g/mol. The highest BCUT2D eigenvalue weighted by atomic mass is 32.1. The molecule has 0 unspecified atom stereocenters. The SMILES string of the molecule is COc1ccc2cc([C@H](C)c3nc4s/c(=C\c5cccc([N+](=O)[O-])c5)c(=O)n4n3)ccc2c1. The van der Waals surface area contributed by atoms with E-state index in [0.717, 1.165) is 22.1 Å². The Bertz CT molecular complexity index is 1640. The summed E-state index contributed by atoms with van der Waals surface area (Å²) < 4.78 is 7.00.